The fraction of sp³-hybridized carbons (Fsp3) is 0.182. The molecule has 2 heterocycles. The maximum atomic E-state index is 4.30. The van der Waals surface area contributed by atoms with Crippen molar-refractivity contribution in [2.24, 2.45) is 4.99 Å². The zero-order valence-corrected chi connectivity index (χ0v) is 7.25. The zero-order valence-electron chi connectivity index (χ0n) is 7.25. The molecule has 0 amide bonds. The summed E-state index contributed by atoms with van der Waals surface area (Å²) in [6.07, 6.45) is 2.93. The Labute approximate surface area is 76.3 Å². The van der Waals surface area contributed by atoms with Crippen molar-refractivity contribution in [3.63, 3.8) is 0 Å². The molecule has 1 aromatic carbocycles. The highest BCUT2D eigenvalue weighted by atomic mass is 14.8. The summed E-state index contributed by atoms with van der Waals surface area (Å²) in [4.78, 5) is 7.72. The van der Waals surface area contributed by atoms with Crippen molar-refractivity contribution in [2.75, 3.05) is 0 Å². The van der Waals surface area contributed by atoms with Crippen molar-refractivity contribution in [2.45, 2.75) is 13.0 Å². The zero-order chi connectivity index (χ0) is 8.67. The van der Waals surface area contributed by atoms with Gasteiger partial charge < -0.3 is 4.98 Å². The SMILES string of the molecule is C1=NCc2c([nH]c3ccccc23)C1. The second-order valence-corrected chi connectivity index (χ2v) is 3.36. The Balaban J connectivity index is 2.37. The molecule has 2 aromatic rings. The Hall–Kier alpha value is -1.57. The molecule has 2 heteroatoms. The van der Waals surface area contributed by atoms with Gasteiger partial charge in [0.25, 0.3) is 0 Å². The van der Waals surface area contributed by atoms with E-state index in [1.807, 2.05) is 6.21 Å². The summed E-state index contributed by atoms with van der Waals surface area (Å²) >= 11 is 0. The molecule has 0 bridgehead atoms. The van der Waals surface area contributed by atoms with Crippen LogP contribution in [0.4, 0.5) is 0 Å². The van der Waals surface area contributed by atoms with E-state index in [9.17, 15) is 0 Å². The van der Waals surface area contributed by atoms with Crippen LogP contribution in [-0.2, 0) is 13.0 Å². The minimum absolute atomic E-state index is 0.833. The molecule has 1 aliphatic heterocycles. The highest BCUT2D eigenvalue weighted by Gasteiger charge is 2.11. The van der Waals surface area contributed by atoms with E-state index in [0.29, 0.717) is 0 Å². The van der Waals surface area contributed by atoms with E-state index < -0.39 is 0 Å². The first-order chi connectivity index (χ1) is 6.45. The summed E-state index contributed by atoms with van der Waals surface area (Å²) in [7, 11) is 0. The molecule has 64 valence electrons. The van der Waals surface area contributed by atoms with E-state index in [-0.39, 0.29) is 0 Å². The monoisotopic (exact) mass is 170 g/mol. The Kier molecular flexibility index (Phi) is 1.30. The fourth-order valence-electron chi connectivity index (χ4n) is 1.92. The Morgan fingerprint density at radius 1 is 1.23 bits per heavy atom. The lowest BCUT2D eigenvalue weighted by Gasteiger charge is -2.03. The minimum atomic E-state index is 0.833. The van der Waals surface area contributed by atoms with E-state index in [0.717, 1.165) is 13.0 Å². The molecular formula is C11H10N2. The molecule has 13 heavy (non-hydrogen) atoms. The number of aromatic nitrogens is 1. The van der Waals surface area contributed by atoms with Crippen LogP contribution < -0.4 is 0 Å². The third kappa shape index (κ3) is 0.917. The third-order valence-electron chi connectivity index (χ3n) is 2.58. The molecule has 2 nitrogen and oxygen atoms in total. The van der Waals surface area contributed by atoms with Gasteiger partial charge in [0.1, 0.15) is 0 Å². The summed E-state index contributed by atoms with van der Waals surface area (Å²) in [5.74, 6) is 0. The lowest BCUT2D eigenvalue weighted by atomic mass is 10.1. The molecule has 0 aliphatic carbocycles. The van der Waals surface area contributed by atoms with Crippen molar-refractivity contribution < 1.29 is 0 Å². The number of nitrogens with zero attached hydrogens (tertiary/aromatic N) is 1. The maximum absolute atomic E-state index is 4.30. The van der Waals surface area contributed by atoms with Crippen LogP contribution in [0.1, 0.15) is 11.3 Å². The molecule has 0 atom stereocenters. The number of nitrogens with one attached hydrogen (secondary N) is 1. The first-order valence-corrected chi connectivity index (χ1v) is 4.52. The Bertz CT molecular complexity index is 480. The van der Waals surface area contributed by atoms with Gasteiger partial charge in [0.05, 0.1) is 6.54 Å². The smallest absolute Gasteiger partial charge is 0.0659 e. The summed E-state index contributed by atoms with van der Waals surface area (Å²) in [5, 5.41) is 1.33. The molecule has 0 fully saturated rings. The van der Waals surface area contributed by atoms with Gasteiger partial charge in [0, 0.05) is 34.8 Å². The van der Waals surface area contributed by atoms with Crippen LogP contribution in [0.15, 0.2) is 29.3 Å². The van der Waals surface area contributed by atoms with E-state index >= 15 is 0 Å². The van der Waals surface area contributed by atoms with E-state index in [1.54, 1.807) is 0 Å². The second kappa shape index (κ2) is 2.46. The number of hydrogen-bond acceptors (Lipinski definition) is 1. The number of fused-ring (bicyclic) bond motifs is 3. The standard InChI is InChI=1S/C11H10N2/c1-2-4-10-8(3-1)9-7-12-6-5-11(9)13-10/h1-4,6,13H,5,7H2. The summed E-state index contributed by atoms with van der Waals surface area (Å²) in [5.41, 5.74) is 3.94. The maximum Gasteiger partial charge on any atom is 0.0659 e. The van der Waals surface area contributed by atoms with Crippen molar-refractivity contribution in [3.05, 3.63) is 35.5 Å². The first kappa shape index (κ1) is 6.89. The number of para-hydroxylation sites is 1. The molecular weight excluding hydrogens is 160 g/mol. The van der Waals surface area contributed by atoms with Crippen LogP contribution >= 0.6 is 0 Å². The first-order valence-electron chi connectivity index (χ1n) is 4.52. The van der Waals surface area contributed by atoms with Crippen LogP contribution in [0.2, 0.25) is 0 Å². The van der Waals surface area contributed by atoms with Gasteiger partial charge in [-0.2, -0.15) is 0 Å². The van der Waals surface area contributed by atoms with Crippen molar-refractivity contribution in [1.29, 1.82) is 0 Å². The van der Waals surface area contributed by atoms with Crippen molar-refractivity contribution in [3.8, 4) is 0 Å². The summed E-state index contributed by atoms with van der Waals surface area (Å²) < 4.78 is 0. The Morgan fingerprint density at radius 2 is 2.15 bits per heavy atom. The predicted octanol–water partition coefficient (Wildman–Crippen LogP) is 2.29. The van der Waals surface area contributed by atoms with Crippen molar-refractivity contribution in [1.82, 2.24) is 4.98 Å². The molecule has 1 N–H and O–H groups in total. The fourth-order valence-corrected chi connectivity index (χ4v) is 1.92. The van der Waals surface area contributed by atoms with Gasteiger partial charge in [-0.3, -0.25) is 4.99 Å². The van der Waals surface area contributed by atoms with Gasteiger partial charge in [0.2, 0.25) is 0 Å². The molecule has 3 rings (SSSR count). The molecule has 1 aromatic heterocycles. The predicted molar refractivity (Wildman–Crippen MR) is 54.2 cm³/mol. The number of aromatic amines is 1. The lowest BCUT2D eigenvalue weighted by Crippen LogP contribution is -1.98. The molecule has 0 spiro atoms. The summed E-state index contributed by atoms with van der Waals surface area (Å²) in [6, 6.07) is 8.42. The minimum Gasteiger partial charge on any atom is -0.358 e. The number of H-pyrrole nitrogens is 1. The average molecular weight is 170 g/mol. The van der Waals surface area contributed by atoms with E-state index in [4.69, 9.17) is 0 Å². The number of benzene rings is 1. The van der Waals surface area contributed by atoms with E-state index in [1.165, 1.54) is 22.2 Å². The number of rotatable bonds is 0. The van der Waals surface area contributed by atoms with E-state index in [2.05, 4.69) is 34.2 Å². The Morgan fingerprint density at radius 3 is 3.15 bits per heavy atom. The molecule has 0 saturated heterocycles. The third-order valence-corrected chi connectivity index (χ3v) is 2.58. The molecule has 0 radical (unpaired) electrons. The highest BCUT2D eigenvalue weighted by molar-refractivity contribution is 5.86. The average Bonchev–Trinajstić information content (AvgIpc) is 2.56. The normalized spacial score (nSPS) is 14.8. The topological polar surface area (TPSA) is 28.1 Å². The highest BCUT2D eigenvalue weighted by Crippen LogP contribution is 2.24. The molecule has 1 aliphatic rings. The molecule has 0 unspecified atom stereocenters. The van der Waals surface area contributed by atoms with Gasteiger partial charge in [0.15, 0.2) is 0 Å². The quantitative estimate of drug-likeness (QED) is 0.628. The lowest BCUT2D eigenvalue weighted by molar-refractivity contribution is 0.999. The number of aliphatic imine (C=N–C) groups is 1. The van der Waals surface area contributed by atoms with Gasteiger partial charge in [-0.05, 0) is 6.07 Å². The van der Waals surface area contributed by atoms with Crippen LogP contribution in [0, 0.1) is 0 Å². The van der Waals surface area contributed by atoms with Gasteiger partial charge in [-0.15, -0.1) is 0 Å². The number of hydrogen-bond donors (Lipinski definition) is 1. The molecule has 0 saturated carbocycles. The van der Waals surface area contributed by atoms with Gasteiger partial charge in [-0.25, -0.2) is 0 Å². The van der Waals surface area contributed by atoms with Crippen LogP contribution in [0.25, 0.3) is 10.9 Å². The second-order valence-electron chi connectivity index (χ2n) is 3.36. The largest absolute Gasteiger partial charge is 0.358 e. The van der Waals surface area contributed by atoms with Crippen LogP contribution in [0.5, 0.6) is 0 Å². The summed E-state index contributed by atoms with van der Waals surface area (Å²) in [6.45, 7) is 0.833. The van der Waals surface area contributed by atoms with Crippen LogP contribution in [-0.4, -0.2) is 11.2 Å². The van der Waals surface area contributed by atoms with Gasteiger partial charge in [-0.1, -0.05) is 18.2 Å². The van der Waals surface area contributed by atoms with Gasteiger partial charge >= 0.3 is 0 Å². The van der Waals surface area contributed by atoms with Crippen LogP contribution in [0.3, 0.4) is 0 Å². The van der Waals surface area contributed by atoms with Crippen molar-refractivity contribution >= 4 is 17.1 Å².